The molecule has 11 heteroatoms. The maximum Gasteiger partial charge on any atom is 0.490 e. The Balaban J connectivity index is 0.000000505. The first-order valence-electron chi connectivity index (χ1n) is 11.4. The molecule has 1 aliphatic rings. The molecule has 0 saturated heterocycles. The molecule has 0 fully saturated rings. The molecule has 4 rings (SSSR count). The molecule has 0 saturated carbocycles. The highest BCUT2D eigenvalue weighted by atomic mass is 19.4. The van der Waals surface area contributed by atoms with Crippen molar-refractivity contribution in [3.63, 3.8) is 0 Å². The van der Waals surface area contributed by atoms with Gasteiger partial charge in [0, 0.05) is 29.8 Å². The number of aryl methyl sites for hydroxylation is 1. The van der Waals surface area contributed by atoms with Crippen molar-refractivity contribution in [2.24, 2.45) is 5.73 Å². The van der Waals surface area contributed by atoms with Crippen molar-refractivity contribution in [2.45, 2.75) is 31.6 Å². The number of carboxylic acids is 1. The van der Waals surface area contributed by atoms with Gasteiger partial charge in [-0.05, 0) is 53.4 Å². The molecule has 0 bridgehead atoms. The monoisotopic (exact) mass is 527 g/mol. The molecular formula is C27H24F3N3O5. The summed E-state index contributed by atoms with van der Waals surface area (Å²) in [7, 11) is 0. The van der Waals surface area contributed by atoms with Gasteiger partial charge in [0.15, 0.2) is 5.78 Å². The Morgan fingerprint density at radius 2 is 1.63 bits per heavy atom. The van der Waals surface area contributed by atoms with Crippen molar-refractivity contribution in [1.82, 2.24) is 5.32 Å². The third-order valence-corrected chi connectivity index (χ3v) is 5.63. The Hall–Kier alpha value is -4.51. The molecule has 2 amide bonds. The zero-order valence-corrected chi connectivity index (χ0v) is 19.9. The summed E-state index contributed by atoms with van der Waals surface area (Å²) in [6, 6.07) is 20.5. The van der Waals surface area contributed by atoms with Gasteiger partial charge >= 0.3 is 12.1 Å². The fourth-order valence-electron chi connectivity index (χ4n) is 3.75. The number of carboxylic acid groups (broad SMARTS) is 1. The van der Waals surface area contributed by atoms with E-state index in [1.165, 1.54) is 0 Å². The number of halogens is 3. The average molecular weight is 527 g/mol. The van der Waals surface area contributed by atoms with E-state index >= 15 is 0 Å². The number of aliphatic carboxylic acids is 1. The van der Waals surface area contributed by atoms with Crippen LogP contribution in [0.2, 0.25) is 0 Å². The van der Waals surface area contributed by atoms with E-state index in [0.29, 0.717) is 41.8 Å². The first-order valence-corrected chi connectivity index (χ1v) is 11.4. The molecule has 0 aliphatic heterocycles. The molecule has 198 valence electrons. The first kappa shape index (κ1) is 28.1. The maximum absolute atomic E-state index is 13.2. The second kappa shape index (κ2) is 12.2. The SMILES string of the molecule is NCc1cccc(C(=O)NC(C(=O)Nc2ccc3c(c2)CCC3=O)c2ccccc2)c1.O=C(O)C(F)(F)F. The number of amides is 2. The number of nitrogens with one attached hydrogen (secondary N) is 2. The van der Waals surface area contributed by atoms with Crippen LogP contribution in [0.3, 0.4) is 0 Å². The summed E-state index contributed by atoms with van der Waals surface area (Å²) in [4.78, 5) is 46.8. The van der Waals surface area contributed by atoms with E-state index < -0.39 is 18.2 Å². The van der Waals surface area contributed by atoms with E-state index in [4.69, 9.17) is 15.6 Å². The van der Waals surface area contributed by atoms with E-state index in [0.717, 1.165) is 11.1 Å². The zero-order chi connectivity index (χ0) is 27.9. The number of Topliss-reactive ketones (excluding diaryl/α,β-unsaturated/α-hetero) is 1. The molecule has 1 atom stereocenters. The lowest BCUT2D eigenvalue weighted by Gasteiger charge is -2.19. The van der Waals surface area contributed by atoms with E-state index in [1.54, 1.807) is 42.5 Å². The number of ketones is 1. The normalized spacial score (nSPS) is 13.0. The number of anilines is 1. The minimum absolute atomic E-state index is 0.127. The molecule has 0 spiro atoms. The summed E-state index contributed by atoms with van der Waals surface area (Å²) in [5.74, 6) is -3.35. The van der Waals surface area contributed by atoms with Crippen LogP contribution >= 0.6 is 0 Å². The Morgan fingerprint density at radius 3 is 2.26 bits per heavy atom. The van der Waals surface area contributed by atoms with Crippen molar-refractivity contribution in [2.75, 3.05) is 5.32 Å². The molecule has 1 unspecified atom stereocenters. The van der Waals surface area contributed by atoms with Crippen molar-refractivity contribution >= 4 is 29.3 Å². The summed E-state index contributed by atoms with van der Waals surface area (Å²) >= 11 is 0. The topological polar surface area (TPSA) is 139 Å². The van der Waals surface area contributed by atoms with Crippen molar-refractivity contribution in [3.8, 4) is 0 Å². The summed E-state index contributed by atoms with van der Waals surface area (Å²) < 4.78 is 31.7. The Labute approximate surface area is 215 Å². The van der Waals surface area contributed by atoms with Crippen LogP contribution in [0.15, 0.2) is 72.8 Å². The molecule has 0 radical (unpaired) electrons. The van der Waals surface area contributed by atoms with Gasteiger partial charge in [0.05, 0.1) is 0 Å². The molecule has 8 nitrogen and oxygen atoms in total. The Kier molecular flexibility index (Phi) is 8.98. The minimum atomic E-state index is -5.08. The quantitative estimate of drug-likeness (QED) is 0.382. The molecule has 3 aromatic rings. The van der Waals surface area contributed by atoms with E-state index in [1.807, 2.05) is 30.3 Å². The van der Waals surface area contributed by atoms with Gasteiger partial charge in [0.2, 0.25) is 0 Å². The summed E-state index contributed by atoms with van der Waals surface area (Å²) in [6.07, 6.45) is -3.91. The first-order chi connectivity index (χ1) is 18.0. The number of carbonyl (C=O) groups excluding carboxylic acids is 3. The largest absolute Gasteiger partial charge is 0.490 e. The molecule has 38 heavy (non-hydrogen) atoms. The van der Waals surface area contributed by atoms with Crippen molar-refractivity contribution in [1.29, 1.82) is 0 Å². The molecular weight excluding hydrogens is 503 g/mol. The second-order valence-electron chi connectivity index (χ2n) is 8.31. The highest BCUT2D eigenvalue weighted by Crippen LogP contribution is 2.26. The maximum atomic E-state index is 13.2. The van der Waals surface area contributed by atoms with Crippen LogP contribution in [-0.4, -0.2) is 34.8 Å². The van der Waals surface area contributed by atoms with Gasteiger partial charge in [-0.15, -0.1) is 0 Å². The predicted octanol–water partition coefficient (Wildman–Crippen LogP) is 4.02. The van der Waals surface area contributed by atoms with E-state index in [2.05, 4.69) is 10.6 Å². The molecule has 5 N–H and O–H groups in total. The highest BCUT2D eigenvalue weighted by Gasteiger charge is 2.38. The number of hydrogen-bond donors (Lipinski definition) is 4. The summed E-state index contributed by atoms with van der Waals surface area (Å²) in [6.45, 7) is 0.324. The number of hydrogen-bond acceptors (Lipinski definition) is 5. The minimum Gasteiger partial charge on any atom is -0.475 e. The van der Waals surface area contributed by atoms with Crippen LogP contribution in [0.5, 0.6) is 0 Å². The number of benzene rings is 3. The number of nitrogens with two attached hydrogens (primary N) is 1. The Morgan fingerprint density at radius 1 is 0.947 bits per heavy atom. The van der Waals surface area contributed by atoms with Gasteiger partial charge in [-0.1, -0.05) is 42.5 Å². The highest BCUT2D eigenvalue weighted by molar-refractivity contribution is 6.03. The lowest BCUT2D eigenvalue weighted by atomic mass is 10.0. The van der Waals surface area contributed by atoms with Crippen LogP contribution < -0.4 is 16.4 Å². The van der Waals surface area contributed by atoms with Gasteiger partial charge in [-0.25, -0.2) is 4.79 Å². The number of fused-ring (bicyclic) bond motifs is 1. The van der Waals surface area contributed by atoms with Gasteiger partial charge in [0.1, 0.15) is 6.04 Å². The summed E-state index contributed by atoms with van der Waals surface area (Å²) in [5.41, 5.74) is 9.86. The zero-order valence-electron chi connectivity index (χ0n) is 19.9. The Bertz CT molecular complexity index is 1340. The smallest absolute Gasteiger partial charge is 0.475 e. The van der Waals surface area contributed by atoms with Gasteiger partial charge in [0.25, 0.3) is 11.8 Å². The van der Waals surface area contributed by atoms with Crippen LogP contribution in [-0.2, 0) is 22.6 Å². The standard InChI is InChI=1S/C25H23N3O3.C2HF3O2/c26-15-16-5-4-8-19(13-16)24(30)28-23(17-6-2-1-3-7-17)25(31)27-20-10-11-21-18(14-20)9-12-22(21)29;3-2(4,5)1(6)7/h1-8,10-11,13-14,23H,9,12,15,26H2,(H,27,31)(H,28,30);(H,6,7). The number of carbonyl (C=O) groups is 4. The fraction of sp³-hybridized carbons (Fsp3) is 0.185. The van der Waals surface area contributed by atoms with Gasteiger partial charge < -0.3 is 21.5 Å². The second-order valence-corrected chi connectivity index (χ2v) is 8.31. The molecule has 1 aliphatic carbocycles. The van der Waals surface area contributed by atoms with Crippen molar-refractivity contribution < 1.29 is 37.5 Å². The predicted molar refractivity (Wildman–Crippen MR) is 132 cm³/mol. The fourth-order valence-corrected chi connectivity index (χ4v) is 3.75. The number of alkyl halides is 3. The van der Waals surface area contributed by atoms with Crippen LogP contribution in [0.25, 0.3) is 0 Å². The lowest BCUT2D eigenvalue weighted by molar-refractivity contribution is -0.192. The van der Waals surface area contributed by atoms with Crippen LogP contribution in [0.4, 0.5) is 18.9 Å². The van der Waals surface area contributed by atoms with E-state index in [-0.39, 0.29) is 17.6 Å². The molecule has 3 aromatic carbocycles. The average Bonchev–Trinajstić information content (AvgIpc) is 3.27. The van der Waals surface area contributed by atoms with Crippen LogP contribution in [0, 0.1) is 0 Å². The van der Waals surface area contributed by atoms with Crippen LogP contribution in [0.1, 0.15) is 49.9 Å². The van der Waals surface area contributed by atoms with Gasteiger partial charge in [-0.2, -0.15) is 13.2 Å². The molecule has 0 aromatic heterocycles. The number of rotatable bonds is 6. The molecule has 0 heterocycles. The third-order valence-electron chi connectivity index (χ3n) is 5.63. The third kappa shape index (κ3) is 7.26. The van der Waals surface area contributed by atoms with E-state index in [9.17, 15) is 27.6 Å². The summed E-state index contributed by atoms with van der Waals surface area (Å²) in [5, 5.41) is 12.8. The lowest BCUT2D eigenvalue weighted by Crippen LogP contribution is -2.37. The van der Waals surface area contributed by atoms with Gasteiger partial charge in [-0.3, -0.25) is 14.4 Å². The van der Waals surface area contributed by atoms with Crippen molar-refractivity contribution in [3.05, 3.63) is 101 Å².